The van der Waals surface area contributed by atoms with Gasteiger partial charge < -0.3 is 15.5 Å². The van der Waals surface area contributed by atoms with E-state index in [-0.39, 0.29) is 0 Å². The van der Waals surface area contributed by atoms with Crippen molar-refractivity contribution < 1.29 is 0 Å². The predicted molar refractivity (Wildman–Crippen MR) is 84.3 cm³/mol. The number of aryl methyl sites for hydroxylation is 1. The standard InChI is InChI=1S/C15H27N5/c1-4-16-15-18-10-13(3)14(19-15)17-9-12(2)11-20-7-5-6-8-20/h10,12H,4-9,11H2,1-3H3,(H2,16,17,18,19). The van der Waals surface area contributed by atoms with Gasteiger partial charge in [-0.25, -0.2) is 4.98 Å². The fourth-order valence-electron chi connectivity index (χ4n) is 2.61. The van der Waals surface area contributed by atoms with Gasteiger partial charge in [-0.05, 0) is 45.7 Å². The molecule has 1 aromatic rings. The molecule has 20 heavy (non-hydrogen) atoms. The quantitative estimate of drug-likeness (QED) is 0.801. The lowest BCUT2D eigenvalue weighted by Crippen LogP contribution is -2.29. The summed E-state index contributed by atoms with van der Waals surface area (Å²) in [5.74, 6) is 2.28. The van der Waals surface area contributed by atoms with E-state index in [1.807, 2.05) is 13.1 Å². The minimum atomic E-state index is 0.630. The van der Waals surface area contributed by atoms with E-state index < -0.39 is 0 Å². The first-order valence-corrected chi connectivity index (χ1v) is 7.72. The summed E-state index contributed by atoms with van der Waals surface area (Å²) in [6, 6.07) is 0. The van der Waals surface area contributed by atoms with Crippen LogP contribution in [-0.2, 0) is 0 Å². The molecule has 0 spiro atoms. The van der Waals surface area contributed by atoms with E-state index in [4.69, 9.17) is 0 Å². The average Bonchev–Trinajstić information content (AvgIpc) is 2.92. The number of likely N-dealkylation sites (tertiary alicyclic amines) is 1. The molecule has 0 bridgehead atoms. The first-order chi connectivity index (χ1) is 9.69. The summed E-state index contributed by atoms with van der Waals surface area (Å²) in [7, 11) is 0. The molecular weight excluding hydrogens is 250 g/mol. The number of anilines is 2. The molecule has 1 aliphatic rings. The normalized spacial score (nSPS) is 17.1. The first-order valence-electron chi connectivity index (χ1n) is 7.72. The van der Waals surface area contributed by atoms with E-state index in [1.54, 1.807) is 0 Å². The Morgan fingerprint density at radius 3 is 2.75 bits per heavy atom. The van der Waals surface area contributed by atoms with Crippen LogP contribution in [0.3, 0.4) is 0 Å². The second kappa shape index (κ2) is 7.43. The van der Waals surface area contributed by atoms with Gasteiger partial charge in [0.2, 0.25) is 5.95 Å². The van der Waals surface area contributed by atoms with Crippen molar-refractivity contribution >= 4 is 11.8 Å². The molecule has 5 heteroatoms. The molecule has 0 amide bonds. The topological polar surface area (TPSA) is 53.1 Å². The monoisotopic (exact) mass is 277 g/mol. The summed E-state index contributed by atoms with van der Waals surface area (Å²) in [5.41, 5.74) is 1.10. The minimum absolute atomic E-state index is 0.630. The van der Waals surface area contributed by atoms with E-state index >= 15 is 0 Å². The molecule has 1 unspecified atom stereocenters. The molecule has 1 saturated heterocycles. The van der Waals surface area contributed by atoms with Crippen LogP contribution in [0.25, 0.3) is 0 Å². The summed E-state index contributed by atoms with van der Waals surface area (Å²) in [4.78, 5) is 11.3. The van der Waals surface area contributed by atoms with Crippen molar-refractivity contribution in [3.63, 3.8) is 0 Å². The highest BCUT2D eigenvalue weighted by atomic mass is 15.2. The van der Waals surface area contributed by atoms with Crippen molar-refractivity contribution in [3.8, 4) is 0 Å². The van der Waals surface area contributed by atoms with Crippen molar-refractivity contribution in [3.05, 3.63) is 11.8 Å². The van der Waals surface area contributed by atoms with Crippen molar-refractivity contribution in [1.82, 2.24) is 14.9 Å². The van der Waals surface area contributed by atoms with E-state index in [2.05, 4.69) is 39.3 Å². The van der Waals surface area contributed by atoms with E-state index in [1.165, 1.54) is 32.5 Å². The molecule has 2 heterocycles. The Labute approximate surface area is 122 Å². The number of rotatable bonds is 7. The molecule has 5 nitrogen and oxygen atoms in total. The van der Waals surface area contributed by atoms with Crippen LogP contribution in [0, 0.1) is 12.8 Å². The van der Waals surface area contributed by atoms with Crippen LogP contribution in [0.1, 0.15) is 32.3 Å². The van der Waals surface area contributed by atoms with Crippen LogP contribution < -0.4 is 10.6 Å². The number of hydrogen-bond donors (Lipinski definition) is 2. The SMILES string of the molecule is CCNc1ncc(C)c(NCC(C)CN2CCCC2)n1. The maximum Gasteiger partial charge on any atom is 0.224 e. The van der Waals surface area contributed by atoms with Gasteiger partial charge >= 0.3 is 0 Å². The summed E-state index contributed by atoms with van der Waals surface area (Å²) in [5, 5.41) is 6.62. The molecule has 2 N–H and O–H groups in total. The van der Waals surface area contributed by atoms with E-state index in [9.17, 15) is 0 Å². The highest BCUT2D eigenvalue weighted by Crippen LogP contribution is 2.14. The van der Waals surface area contributed by atoms with Crippen LogP contribution in [0.4, 0.5) is 11.8 Å². The second-order valence-electron chi connectivity index (χ2n) is 5.75. The fraction of sp³-hybridized carbons (Fsp3) is 0.733. The Bertz CT molecular complexity index is 415. The predicted octanol–water partition coefficient (Wildman–Crippen LogP) is 2.36. The van der Waals surface area contributed by atoms with E-state index in [0.29, 0.717) is 11.9 Å². The molecule has 0 aromatic carbocycles. The van der Waals surface area contributed by atoms with Gasteiger partial charge in [-0.1, -0.05) is 6.92 Å². The zero-order chi connectivity index (χ0) is 14.4. The maximum atomic E-state index is 4.52. The number of nitrogens with zero attached hydrogens (tertiary/aromatic N) is 3. The number of aromatic nitrogens is 2. The molecule has 1 aromatic heterocycles. The smallest absolute Gasteiger partial charge is 0.224 e. The number of hydrogen-bond acceptors (Lipinski definition) is 5. The highest BCUT2D eigenvalue weighted by Gasteiger charge is 2.14. The van der Waals surface area contributed by atoms with Crippen LogP contribution in [0.2, 0.25) is 0 Å². The molecule has 1 atom stereocenters. The Balaban J connectivity index is 1.84. The van der Waals surface area contributed by atoms with Gasteiger partial charge in [0.15, 0.2) is 0 Å². The third-order valence-corrected chi connectivity index (χ3v) is 3.69. The van der Waals surface area contributed by atoms with Crippen LogP contribution in [0.5, 0.6) is 0 Å². The van der Waals surface area contributed by atoms with Gasteiger partial charge in [-0.15, -0.1) is 0 Å². The zero-order valence-corrected chi connectivity index (χ0v) is 12.9. The molecule has 2 rings (SSSR count). The van der Waals surface area contributed by atoms with Gasteiger partial charge in [-0.2, -0.15) is 4.98 Å². The van der Waals surface area contributed by atoms with Crippen molar-refractivity contribution in [2.75, 3.05) is 43.4 Å². The Morgan fingerprint density at radius 1 is 1.30 bits per heavy atom. The number of nitrogens with one attached hydrogen (secondary N) is 2. The van der Waals surface area contributed by atoms with Crippen molar-refractivity contribution in [2.24, 2.45) is 5.92 Å². The fourth-order valence-corrected chi connectivity index (χ4v) is 2.61. The highest BCUT2D eigenvalue weighted by molar-refractivity contribution is 5.46. The minimum Gasteiger partial charge on any atom is -0.369 e. The Hall–Kier alpha value is -1.36. The maximum absolute atomic E-state index is 4.52. The largest absolute Gasteiger partial charge is 0.369 e. The first kappa shape index (κ1) is 15.0. The molecule has 0 aliphatic carbocycles. The third kappa shape index (κ3) is 4.34. The second-order valence-corrected chi connectivity index (χ2v) is 5.75. The lowest BCUT2D eigenvalue weighted by atomic mass is 10.1. The zero-order valence-electron chi connectivity index (χ0n) is 12.9. The molecule has 112 valence electrons. The van der Waals surface area contributed by atoms with Gasteiger partial charge in [0, 0.05) is 31.4 Å². The van der Waals surface area contributed by atoms with Gasteiger partial charge in [0.1, 0.15) is 5.82 Å². The van der Waals surface area contributed by atoms with Gasteiger partial charge in [0.25, 0.3) is 0 Å². The molecular formula is C15H27N5. The Kier molecular flexibility index (Phi) is 5.59. The summed E-state index contributed by atoms with van der Waals surface area (Å²) >= 11 is 0. The summed E-state index contributed by atoms with van der Waals surface area (Å²) in [6.07, 6.45) is 4.59. The molecule has 0 radical (unpaired) electrons. The molecule has 1 fully saturated rings. The van der Waals surface area contributed by atoms with Crippen LogP contribution in [0.15, 0.2) is 6.20 Å². The Morgan fingerprint density at radius 2 is 2.05 bits per heavy atom. The summed E-state index contributed by atoms with van der Waals surface area (Å²) in [6.45, 7) is 11.9. The van der Waals surface area contributed by atoms with Gasteiger partial charge in [-0.3, -0.25) is 0 Å². The van der Waals surface area contributed by atoms with Crippen molar-refractivity contribution in [2.45, 2.75) is 33.6 Å². The third-order valence-electron chi connectivity index (χ3n) is 3.69. The van der Waals surface area contributed by atoms with Crippen LogP contribution in [-0.4, -0.2) is 47.6 Å². The average molecular weight is 277 g/mol. The molecule has 1 aliphatic heterocycles. The van der Waals surface area contributed by atoms with Crippen LogP contribution >= 0.6 is 0 Å². The van der Waals surface area contributed by atoms with E-state index in [0.717, 1.165) is 24.5 Å². The van der Waals surface area contributed by atoms with Crippen molar-refractivity contribution in [1.29, 1.82) is 0 Å². The summed E-state index contributed by atoms with van der Waals surface area (Å²) < 4.78 is 0. The lowest BCUT2D eigenvalue weighted by Gasteiger charge is -2.21. The van der Waals surface area contributed by atoms with Gasteiger partial charge in [0.05, 0.1) is 0 Å². The molecule has 0 saturated carbocycles. The lowest BCUT2D eigenvalue weighted by molar-refractivity contribution is 0.294.